The summed E-state index contributed by atoms with van der Waals surface area (Å²) < 4.78 is 0. The fraction of sp³-hybridized carbons (Fsp3) is 0.533. The second-order valence-electron chi connectivity index (χ2n) is 5.11. The van der Waals surface area contributed by atoms with E-state index in [1.807, 2.05) is 17.0 Å². The molecule has 2 rings (SSSR count). The summed E-state index contributed by atoms with van der Waals surface area (Å²) >= 11 is 3.53. The van der Waals surface area contributed by atoms with E-state index < -0.39 is 0 Å². The molecule has 98 valence electrons. The fourth-order valence-corrected chi connectivity index (χ4v) is 3.03. The predicted octanol–water partition coefficient (Wildman–Crippen LogP) is 3.17. The minimum Gasteiger partial charge on any atom is -0.342 e. The number of hydrogen-bond acceptors (Lipinski definition) is 1. The van der Waals surface area contributed by atoms with E-state index in [0.29, 0.717) is 12.3 Å². The SMILES string of the molecule is Cc1ccccc1CC(=O)N1CCCC(CBr)C1. The standard InChI is InChI=1S/C15H20BrNO/c1-12-5-2-3-7-14(12)9-15(18)17-8-4-6-13(10-16)11-17/h2-3,5,7,13H,4,6,8-11H2,1H3. The summed E-state index contributed by atoms with van der Waals surface area (Å²) in [5.74, 6) is 0.898. The van der Waals surface area contributed by atoms with Gasteiger partial charge in [0.05, 0.1) is 6.42 Å². The van der Waals surface area contributed by atoms with Crippen molar-refractivity contribution in [2.75, 3.05) is 18.4 Å². The highest BCUT2D eigenvalue weighted by Crippen LogP contribution is 2.19. The van der Waals surface area contributed by atoms with Crippen molar-refractivity contribution in [2.45, 2.75) is 26.2 Å². The molecule has 1 aromatic rings. The van der Waals surface area contributed by atoms with E-state index in [1.165, 1.54) is 12.0 Å². The fourth-order valence-electron chi connectivity index (χ4n) is 2.50. The van der Waals surface area contributed by atoms with Crippen LogP contribution in [0.4, 0.5) is 0 Å². The largest absolute Gasteiger partial charge is 0.342 e. The Bertz CT molecular complexity index is 419. The van der Waals surface area contributed by atoms with Crippen LogP contribution in [-0.4, -0.2) is 29.2 Å². The Kier molecular flexibility index (Phi) is 4.81. The smallest absolute Gasteiger partial charge is 0.227 e. The Morgan fingerprint density at radius 1 is 1.44 bits per heavy atom. The number of rotatable bonds is 3. The summed E-state index contributed by atoms with van der Waals surface area (Å²) in [6, 6.07) is 8.15. The van der Waals surface area contributed by atoms with Crippen LogP contribution in [0.3, 0.4) is 0 Å². The molecule has 0 saturated carbocycles. The van der Waals surface area contributed by atoms with E-state index in [0.717, 1.165) is 30.4 Å². The molecule has 1 aliphatic rings. The zero-order valence-corrected chi connectivity index (χ0v) is 12.4. The average molecular weight is 310 g/mol. The predicted molar refractivity (Wildman–Crippen MR) is 78.0 cm³/mol. The summed E-state index contributed by atoms with van der Waals surface area (Å²) in [5, 5.41) is 1.00. The lowest BCUT2D eigenvalue weighted by molar-refractivity contribution is -0.132. The monoisotopic (exact) mass is 309 g/mol. The van der Waals surface area contributed by atoms with E-state index in [-0.39, 0.29) is 5.91 Å². The Hall–Kier alpha value is -0.830. The van der Waals surface area contributed by atoms with Gasteiger partial charge >= 0.3 is 0 Å². The van der Waals surface area contributed by atoms with Crippen molar-refractivity contribution in [1.29, 1.82) is 0 Å². The minimum atomic E-state index is 0.273. The number of carbonyl (C=O) groups excluding carboxylic acids is 1. The van der Waals surface area contributed by atoms with Crippen LogP contribution in [0, 0.1) is 12.8 Å². The van der Waals surface area contributed by atoms with Crippen LogP contribution in [-0.2, 0) is 11.2 Å². The third-order valence-corrected chi connectivity index (χ3v) is 4.61. The third kappa shape index (κ3) is 3.35. The summed E-state index contributed by atoms with van der Waals surface area (Å²) in [6.07, 6.45) is 2.91. The molecule has 1 amide bonds. The summed E-state index contributed by atoms with van der Waals surface area (Å²) in [4.78, 5) is 14.3. The van der Waals surface area contributed by atoms with Crippen molar-refractivity contribution >= 4 is 21.8 Å². The van der Waals surface area contributed by atoms with Crippen LogP contribution in [0.25, 0.3) is 0 Å². The van der Waals surface area contributed by atoms with Crippen molar-refractivity contribution in [3.63, 3.8) is 0 Å². The van der Waals surface area contributed by atoms with Crippen LogP contribution in [0.15, 0.2) is 24.3 Å². The number of benzene rings is 1. The maximum absolute atomic E-state index is 12.3. The molecule has 1 atom stereocenters. The first-order valence-corrected chi connectivity index (χ1v) is 7.71. The second-order valence-corrected chi connectivity index (χ2v) is 5.75. The second kappa shape index (κ2) is 6.37. The Morgan fingerprint density at radius 3 is 2.94 bits per heavy atom. The maximum atomic E-state index is 12.3. The summed E-state index contributed by atoms with van der Waals surface area (Å²) in [7, 11) is 0. The van der Waals surface area contributed by atoms with Gasteiger partial charge in [-0.15, -0.1) is 0 Å². The number of alkyl halides is 1. The molecule has 0 aliphatic carbocycles. The summed E-state index contributed by atoms with van der Waals surface area (Å²) in [5.41, 5.74) is 2.36. The lowest BCUT2D eigenvalue weighted by Gasteiger charge is -2.32. The molecule has 0 radical (unpaired) electrons. The molecule has 2 nitrogen and oxygen atoms in total. The summed E-state index contributed by atoms with van der Waals surface area (Å²) in [6.45, 7) is 3.91. The van der Waals surface area contributed by atoms with E-state index >= 15 is 0 Å². The van der Waals surface area contributed by atoms with Crippen LogP contribution in [0.1, 0.15) is 24.0 Å². The van der Waals surface area contributed by atoms with Gasteiger partial charge in [0.1, 0.15) is 0 Å². The lowest BCUT2D eigenvalue weighted by Crippen LogP contribution is -2.41. The minimum absolute atomic E-state index is 0.273. The molecular weight excluding hydrogens is 290 g/mol. The Morgan fingerprint density at radius 2 is 2.22 bits per heavy atom. The number of hydrogen-bond donors (Lipinski definition) is 0. The molecule has 3 heteroatoms. The van der Waals surface area contributed by atoms with E-state index in [2.05, 4.69) is 35.0 Å². The molecular formula is C15H20BrNO. The van der Waals surface area contributed by atoms with Crippen molar-refractivity contribution in [2.24, 2.45) is 5.92 Å². The number of nitrogens with zero attached hydrogens (tertiary/aromatic N) is 1. The molecule has 0 bridgehead atoms. The quantitative estimate of drug-likeness (QED) is 0.785. The lowest BCUT2D eigenvalue weighted by atomic mass is 9.99. The van der Waals surface area contributed by atoms with E-state index in [4.69, 9.17) is 0 Å². The van der Waals surface area contributed by atoms with Crippen LogP contribution in [0.5, 0.6) is 0 Å². The molecule has 18 heavy (non-hydrogen) atoms. The Labute approximate surface area is 117 Å². The topological polar surface area (TPSA) is 20.3 Å². The van der Waals surface area contributed by atoms with Crippen molar-refractivity contribution in [3.8, 4) is 0 Å². The molecule has 1 aliphatic heterocycles. The highest BCUT2D eigenvalue weighted by Gasteiger charge is 2.22. The number of amides is 1. The van der Waals surface area contributed by atoms with E-state index in [9.17, 15) is 4.79 Å². The zero-order valence-electron chi connectivity index (χ0n) is 10.9. The molecule has 1 unspecified atom stereocenters. The number of piperidine rings is 1. The zero-order chi connectivity index (χ0) is 13.0. The average Bonchev–Trinajstić information content (AvgIpc) is 2.41. The van der Waals surface area contributed by atoms with Gasteiger partial charge in [-0.25, -0.2) is 0 Å². The molecule has 1 saturated heterocycles. The van der Waals surface area contributed by atoms with Crippen LogP contribution in [0.2, 0.25) is 0 Å². The molecule has 1 heterocycles. The molecule has 0 spiro atoms. The number of likely N-dealkylation sites (tertiary alicyclic amines) is 1. The number of aryl methyl sites for hydroxylation is 1. The first-order chi connectivity index (χ1) is 8.70. The van der Waals surface area contributed by atoms with Crippen molar-refractivity contribution < 1.29 is 4.79 Å². The van der Waals surface area contributed by atoms with Gasteiger partial charge in [-0.2, -0.15) is 0 Å². The van der Waals surface area contributed by atoms with Gasteiger partial charge in [0, 0.05) is 18.4 Å². The first-order valence-electron chi connectivity index (χ1n) is 6.59. The van der Waals surface area contributed by atoms with Gasteiger partial charge < -0.3 is 4.90 Å². The molecule has 1 fully saturated rings. The van der Waals surface area contributed by atoms with Crippen molar-refractivity contribution in [1.82, 2.24) is 4.90 Å². The van der Waals surface area contributed by atoms with Gasteiger partial charge in [-0.05, 0) is 36.8 Å². The van der Waals surface area contributed by atoms with Gasteiger partial charge in [-0.1, -0.05) is 40.2 Å². The molecule has 0 N–H and O–H groups in total. The van der Waals surface area contributed by atoms with Gasteiger partial charge in [0.25, 0.3) is 0 Å². The maximum Gasteiger partial charge on any atom is 0.227 e. The number of carbonyl (C=O) groups is 1. The number of halogens is 1. The van der Waals surface area contributed by atoms with E-state index in [1.54, 1.807) is 0 Å². The van der Waals surface area contributed by atoms with Crippen LogP contribution >= 0.6 is 15.9 Å². The Balaban J connectivity index is 1.97. The highest BCUT2D eigenvalue weighted by atomic mass is 79.9. The van der Waals surface area contributed by atoms with Crippen LogP contribution < -0.4 is 0 Å². The highest BCUT2D eigenvalue weighted by molar-refractivity contribution is 9.09. The van der Waals surface area contributed by atoms with Crippen molar-refractivity contribution in [3.05, 3.63) is 35.4 Å². The molecule has 0 aromatic heterocycles. The third-order valence-electron chi connectivity index (χ3n) is 3.69. The van der Waals surface area contributed by atoms with Gasteiger partial charge in [0.15, 0.2) is 0 Å². The first kappa shape index (κ1) is 13.6. The van der Waals surface area contributed by atoms with Gasteiger partial charge in [-0.3, -0.25) is 4.79 Å². The normalized spacial score (nSPS) is 19.9. The van der Waals surface area contributed by atoms with Gasteiger partial charge in [0.2, 0.25) is 5.91 Å². The molecule has 1 aromatic carbocycles.